The Bertz CT molecular complexity index is 1700. The second-order valence-electron chi connectivity index (χ2n) is 10.2. The van der Waals surface area contributed by atoms with Crippen LogP contribution in [-0.4, -0.2) is 65.8 Å². The maximum atomic E-state index is 14.6. The number of nitrogens with zero attached hydrogens (tertiary/aromatic N) is 3. The number of halogens is 6. The van der Waals surface area contributed by atoms with Crippen molar-refractivity contribution in [2.75, 3.05) is 33.6 Å². The van der Waals surface area contributed by atoms with Crippen molar-refractivity contribution in [2.24, 2.45) is 0 Å². The Labute approximate surface area is 240 Å². The second kappa shape index (κ2) is 11.0. The van der Waals surface area contributed by atoms with Gasteiger partial charge in [-0.2, -0.15) is 13.2 Å². The van der Waals surface area contributed by atoms with Gasteiger partial charge in [0.05, 0.1) is 36.0 Å². The number of hydrogen-bond acceptors (Lipinski definition) is 7. The maximum absolute atomic E-state index is 14.6. The van der Waals surface area contributed by atoms with E-state index in [0.717, 1.165) is 18.2 Å². The largest absolute Gasteiger partial charge is 0.494 e. The number of alkyl halides is 5. The predicted molar refractivity (Wildman–Crippen MR) is 142 cm³/mol. The maximum Gasteiger partial charge on any atom is 0.424 e. The van der Waals surface area contributed by atoms with E-state index in [1.54, 1.807) is 6.92 Å². The molecule has 2 aromatic heterocycles. The van der Waals surface area contributed by atoms with Crippen molar-refractivity contribution in [3.05, 3.63) is 77.0 Å². The Morgan fingerprint density at radius 2 is 1.81 bits per heavy atom. The number of aryl methyl sites for hydroxylation is 1. The molecule has 43 heavy (non-hydrogen) atoms. The molecule has 2 aromatic carbocycles. The zero-order chi connectivity index (χ0) is 31.2. The van der Waals surface area contributed by atoms with Crippen LogP contribution in [0.25, 0.3) is 22.3 Å². The second-order valence-corrected chi connectivity index (χ2v) is 10.2. The quantitative estimate of drug-likeness (QED) is 0.275. The van der Waals surface area contributed by atoms with Gasteiger partial charge in [-0.3, -0.25) is 4.79 Å². The molecule has 3 heterocycles. The van der Waals surface area contributed by atoms with Crippen molar-refractivity contribution >= 4 is 16.9 Å². The minimum absolute atomic E-state index is 0.0706. The van der Waals surface area contributed by atoms with Crippen LogP contribution in [0.1, 0.15) is 27.3 Å². The molecule has 1 unspecified atom stereocenters. The summed E-state index contributed by atoms with van der Waals surface area (Å²) in [5, 5.41) is 13.2. The first-order valence-corrected chi connectivity index (χ1v) is 12.8. The fourth-order valence-corrected chi connectivity index (χ4v) is 4.75. The van der Waals surface area contributed by atoms with Gasteiger partial charge in [0.25, 0.3) is 5.91 Å². The Hall–Kier alpha value is -4.46. The first-order valence-electron chi connectivity index (χ1n) is 12.8. The van der Waals surface area contributed by atoms with E-state index in [9.17, 15) is 36.2 Å². The third-order valence-corrected chi connectivity index (χ3v) is 7.28. The summed E-state index contributed by atoms with van der Waals surface area (Å²) < 4.78 is 96.5. The number of ether oxygens (including phenoxy) is 2. The Kier molecular flexibility index (Phi) is 7.67. The highest BCUT2D eigenvalue weighted by Gasteiger charge is 2.57. The van der Waals surface area contributed by atoms with Crippen LogP contribution >= 0.6 is 0 Å². The van der Waals surface area contributed by atoms with E-state index in [0.29, 0.717) is 11.2 Å². The standard InChI is InChI=1S/C29H24F6N4O4/c1-15-10-36-24-20(38-15)7-17(8-21(24)42-2)26(40)37-13-28(41,29(33,34)35)22-9-19-25(43-14-27(19,11-30)12-31)23(39-22)16-3-5-18(32)6-4-16/h3-10,41H,11-14H2,1-2H3,(H,37,40). The SMILES string of the molecule is COc1cc(C(=O)NCC(O)(c2cc3c(c(-c4ccc(F)cc4)n2)OCC3(CF)CF)C(F)(F)F)cc2nc(C)cnc12. The predicted octanol–water partition coefficient (Wildman–Crippen LogP) is 4.90. The summed E-state index contributed by atoms with van der Waals surface area (Å²) in [5.74, 6) is -1.73. The summed E-state index contributed by atoms with van der Waals surface area (Å²) in [6.07, 6.45) is -3.96. The van der Waals surface area contributed by atoms with Gasteiger partial charge in [-0.05, 0) is 49.4 Å². The number of aromatic nitrogens is 3. The van der Waals surface area contributed by atoms with Crippen LogP contribution in [0.5, 0.6) is 11.5 Å². The fraction of sp³-hybridized carbons (Fsp3) is 0.310. The molecule has 14 heteroatoms. The molecule has 0 saturated carbocycles. The molecule has 0 fully saturated rings. The van der Waals surface area contributed by atoms with Crippen LogP contribution in [0, 0.1) is 12.7 Å². The molecule has 0 spiro atoms. The molecule has 226 valence electrons. The Morgan fingerprint density at radius 1 is 1.12 bits per heavy atom. The van der Waals surface area contributed by atoms with Gasteiger partial charge in [-0.1, -0.05) is 0 Å². The molecule has 0 saturated heterocycles. The van der Waals surface area contributed by atoms with Gasteiger partial charge < -0.3 is 19.9 Å². The van der Waals surface area contributed by atoms with Crippen molar-refractivity contribution in [3.63, 3.8) is 0 Å². The Morgan fingerprint density at radius 3 is 2.44 bits per heavy atom. The molecule has 1 aliphatic heterocycles. The lowest BCUT2D eigenvalue weighted by atomic mass is 9.82. The van der Waals surface area contributed by atoms with Gasteiger partial charge in [-0.15, -0.1) is 0 Å². The van der Waals surface area contributed by atoms with Crippen molar-refractivity contribution in [1.82, 2.24) is 20.3 Å². The minimum Gasteiger partial charge on any atom is -0.494 e. The van der Waals surface area contributed by atoms with Crippen LogP contribution < -0.4 is 14.8 Å². The minimum atomic E-state index is -5.43. The molecule has 1 aliphatic rings. The monoisotopic (exact) mass is 606 g/mol. The molecule has 2 N–H and O–H groups in total. The van der Waals surface area contributed by atoms with Crippen LogP contribution in [0.2, 0.25) is 0 Å². The molecule has 0 aliphatic carbocycles. The number of carbonyl (C=O) groups is 1. The number of rotatable bonds is 8. The molecule has 4 aromatic rings. The summed E-state index contributed by atoms with van der Waals surface area (Å²) in [5.41, 5.74) is -6.41. The van der Waals surface area contributed by atoms with Crippen LogP contribution in [0.3, 0.4) is 0 Å². The summed E-state index contributed by atoms with van der Waals surface area (Å²) in [6.45, 7) is -2.96. The van der Waals surface area contributed by atoms with Crippen molar-refractivity contribution in [3.8, 4) is 22.8 Å². The summed E-state index contributed by atoms with van der Waals surface area (Å²) >= 11 is 0. The number of carbonyl (C=O) groups excluding carboxylic acids is 1. The molecule has 0 bridgehead atoms. The van der Waals surface area contributed by atoms with Gasteiger partial charge in [0.15, 0.2) is 0 Å². The Balaban J connectivity index is 1.58. The summed E-state index contributed by atoms with van der Waals surface area (Å²) in [6, 6.07) is 7.71. The van der Waals surface area contributed by atoms with Crippen LogP contribution in [0.4, 0.5) is 26.3 Å². The topological polar surface area (TPSA) is 106 Å². The van der Waals surface area contributed by atoms with Crippen molar-refractivity contribution in [1.29, 1.82) is 0 Å². The van der Waals surface area contributed by atoms with E-state index in [1.165, 1.54) is 37.6 Å². The highest BCUT2D eigenvalue weighted by atomic mass is 19.4. The molecule has 1 amide bonds. The number of fused-ring (bicyclic) bond motifs is 2. The third-order valence-electron chi connectivity index (χ3n) is 7.28. The van der Waals surface area contributed by atoms with Gasteiger partial charge >= 0.3 is 6.18 Å². The van der Waals surface area contributed by atoms with E-state index < -0.39 is 61.1 Å². The van der Waals surface area contributed by atoms with Crippen LogP contribution in [0.15, 0.2) is 48.7 Å². The number of amides is 1. The van der Waals surface area contributed by atoms with Gasteiger partial charge in [0.2, 0.25) is 5.60 Å². The van der Waals surface area contributed by atoms with Crippen molar-refractivity contribution in [2.45, 2.75) is 24.1 Å². The van der Waals surface area contributed by atoms with E-state index in [-0.39, 0.29) is 39.4 Å². The lowest BCUT2D eigenvalue weighted by Gasteiger charge is -2.31. The third kappa shape index (κ3) is 5.19. The molecule has 1 atom stereocenters. The zero-order valence-electron chi connectivity index (χ0n) is 22.7. The lowest BCUT2D eigenvalue weighted by molar-refractivity contribution is -0.265. The highest BCUT2D eigenvalue weighted by molar-refractivity contribution is 5.99. The summed E-state index contributed by atoms with van der Waals surface area (Å²) in [7, 11) is 1.32. The summed E-state index contributed by atoms with van der Waals surface area (Å²) in [4.78, 5) is 25.5. The fourth-order valence-electron chi connectivity index (χ4n) is 4.75. The van der Waals surface area contributed by atoms with E-state index in [1.807, 2.05) is 0 Å². The first-order chi connectivity index (χ1) is 20.4. The number of nitrogens with one attached hydrogen (secondary N) is 1. The van der Waals surface area contributed by atoms with Gasteiger partial charge in [0, 0.05) is 22.9 Å². The zero-order valence-corrected chi connectivity index (χ0v) is 22.7. The number of hydrogen-bond donors (Lipinski definition) is 2. The molecular weight excluding hydrogens is 582 g/mol. The average Bonchev–Trinajstić information content (AvgIpc) is 3.37. The van der Waals surface area contributed by atoms with Crippen molar-refractivity contribution < 1.29 is 45.7 Å². The lowest BCUT2D eigenvalue weighted by Crippen LogP contribution is -2.51. The number of benzene rings is 2. The number of pyridine rings is 1. The van der Waals surface area contributed by atoms with Gasteiger partial charge in [-0.25, -0.2) is 28.1 Å². The first kappa shape index (κ1) is 30.0. The average molecular weight is 607 g/mol. The molecule has 0 radical (unpaired) electrons. The number of methoxy groups -OCH3 is 1. The number of aliphatic hydroxyl groups is 1. The molecule has 5 rings (SSSR count). The van der Waals surface area contributed by atoms with E-state index in [4.69, 9.17) is 9.47 Å². The molecule has 8 nitrogen and oxygen atoms in total. The van der Waals surface area contributed by atoms with Crippen LogP contribution in [-0.2, 0) is 11.0 Å². The molecular formula is C29H24F6N4O4. The van der Waals surface area contributed by atoms with E-state index in [2.05, 4.69) is 20.3 Å². The normalized spacial score (nSPS) is 15.5. The van der Waals surface area contributed by atoms with E-state index >= 15 is 0 Å². The smallest absolute Gasteiger partial charge is 0.424 e. The van der Waals surface area contributed by atoms with Gasteiger partial charge in [0.1, 0.15) is 48.5 Å². The highest BCUT2D eigenvalue weighted by Crippen LogP contribution is 2.48.